The lowest BCUT2D eigenvalue weighted by Crippen LogP contribution is -2.48. The smallest absolute Gasteiger partial charge is 0.262 e. The number of carbonyl (C=O) groups excluding carboxylic acids is 3. The maximum absolute atomic E-state index is 12.6. The molecule has 33 heavy (non-hydrogen) atoms. The van der Waals surface area contributed by atoms with Crippen molar-refractivity contribution < 1.29 is 23.9 Å². The summed E-state index contributed by atoms with van der Waals surface area (Å²) in [6, 6.07) is 8.82. The fourth-order valence-electron chi connectivity index (χ4n) is 2.70. The van der Waals surface area contributed by atoms with E-state index in [1.54, 1.807) is 36.4 Å². The third kappa shape index (κ3) is 7.76. The Morgan fingerprint density at radius 1 is 1.21 bits per heavy atom. The fraction of sp³-hybridized carbons (Fsp3) is 0.273. The number of carbonyl (C=O) groups is 3. The number of methoxy groups -OCH3 is 1. The molecule has 2 aromatic carbocycles. The molecule has 0 radical (unpaired) electrons. The zero-order valence-corrected chi connectivity index (χ0v) is 20.6. The SMILES string of the molecule is COc1cc(C=NNC(=O)C(NC(=O)c2ccc(Cl)cc2)C(C)C)cc(Br)c1OCC(N)=O. The van der Waals surface area contributed by atoms with Crippen molar-refractivity contribution in [2.45, 2.75) is 19.9 Å². The van der Waals surface area contributed by atoms with Gasteiger partial charge in [-0.05, 0) is 63.8 Å². The first kappa shape index (κ1) is 26.1. The molecule has 1 unspecified atom stereocenters. The second kappa shape index (κ2) is 12.2. The number of hydrogen-bond donors (Lipinski definition) is 3. The van der Waals surface area contributed by atoms with E-state index in [-0.39, 0.29) is 12.5 Å². The van der Waals surface area contributed by atoms with Crippen LogP contribution in [0.5, 0.6) is 11.5 Å². The van der Waals surface area contributed by atoms with E-state index in [1.165, 1.54) is 13.3 Å². The van der Waals surface area contributed by atoms with Crippen molar-refractivity contribution in [1.29, 1.82) is 0 Å². The number of ether oxygens (including phenoxy) is 2. The molecule has 0 aromatic heterocycles. The maximum atomic E-state index is 12.6. The van der Waals surface area contributed by atoms with Crippen LogP contribution in [0.25, 0.3) is 0 Å². The minimum Gasteiger partial charge on any atom is -0.493 e. The summed E-state index contributed by atoms with van der Waals surface area (Å²) < 4.78 is 11.1. The van der Waals surface area contributed by atoms with Gasteiger partial charge in [-0.25, -0.2) is 5.43 Å². The molecule has 0 aliphatic heterocycles. The Morgan fingerprint density at radius 2 is 1.88 bits per heavy atom. The Morgan fingerprint density at radius 3 is 2.45 bits per heavy atom. The minimum atomic E-state index is -0.809. The van der Waals surface area contributed by atoms with Crippen molar-refractivity contribution in [2.75, 3.05) is 13.7 Å². The molecule has 2 aromatic rings. The van der Waals surface area contributed by atoms with Crippen molar-refractivity contribution in [1.82, 2.24) is 10.7 Å². The monoisotopic (exact) mass is 538 g/mol. The van der Waals surface area contributed by atoms with Gasteiger partial charge in [0, 0.05) is 10.6 Å². The van der Waals surface area contributed by atoms with Crippen LogP contribution in [-0.2, 0) is 9.59 Å². The third-order valence-electron chi connectivity index (χ3n) is 4.34. The first-order valence-corrected chi connectivity index (χ1v) is 11.0. The van der Waals surface area contributed by atoms with Crippen LogP contribution in [0.2, 0.25) is 5.02 Å². The second-order valence-corrected chi connectivity index (χ2v) is 8.52. The van der Waals surface area contributed by atoms with Gasteiger partial charge in [0.25, 0.3) is 17.7 Å². The Kier molecular flexibility index (Phi) is 9.68. The van der Waals surface area contributed by atoms with Gasteiger partial charge in [0.15, 0.2) is 18.1 Å². The molecule has 0 bridgehead atoms. The second-order valence-electron chi connectivity index (χ2n) is 7.23. The van der Waals surface area contributed by atoms with Crippen LogP contribution < -0.4 is 25.9 Å². The van der Waals surface area contributed by atoms with E-state index in [0.29, 0.717) is 32.1 Å². The van der Waals surface area contributed by atoms with E-state index < -0.39 is 23.8 Å². The number of nitrogens with two attached hydrogens (primary N) is 1. The van der Waals surface area contributed by atoms with Crippen LogP contribution in [0.3, 0.4) is 0 Å². The van der Waals surface area contributed by atoms with E-state index >= 15 is 0 Å². The van der Waals surface area contributed by atoms with Crippen LogP contribution >= 0.6 is 27.5 Å². The number of primary amides is 1. The molecule has 1 atom stereocenters. The molecule has 9 nitrogen and oxygen atoms in total. The highest BCUT2D eigenvalue weighted by molar-refractivity contribution is 9.10. The number of hydrogen-bond acceptors (Lipinski definition) is 6. The first-order valence-electron chi connectivity index (χ1n) is 9.80. The van der Waals surface area contributed by atoms with E-state index in [2.05, 4.69) is 31.8 Å². The van der Waals surface area contributed by atoms with Crippen LogP contribution in [0, 0.1) is 5.92 Å². The van der Waals surface area contributed by atoms with Crippen molar-refractivity contribution in [3.05, 3.63) is 57.0 Å². The van der Waals surface area contributed by atoms with Gasteiger partial charge in [-0.3, -0.25) is 14.4 Å². The fourth-order valence-corrected chi connectivity index (χ4v) is 3.40. The molecule has 0 saturated heterocycles. The number of hydrazone groups is 1. The number of amides is 3. The summed E-state index contributed by atoms with van der Waals surface area (Å²) in [6.45, 7) is 3.31. The maximum Gasteiger partial charge on any atom is 0.262 e. The van der Waals surface area contributed by atoms with Gasteiger partial charge in [-0.2, -0.15) is 5.10 Å². The van der Waals surface area contributed by atoms with Gasteiger partial charge in [0.1, 0.15) is 6.04 Å². The van der Waals surface area contributed by atoms with Crippen molar-refractivity contribution >= 4 is 51.5 Å². The van der Waals surface area contributed by atoms with E-state index in [9.17, 15) is 14.4 Å². The quantitative estimate of drug-likeness (QED) is 0.315. The molecule has 4 N–H and O–H groups in total. The van der Waals surface area contributed by atoms with E-state index in [4.69, 9.17) is 26.8 Å². The molecule has 0 aliphatic carbocycles. The lowest BCUT2D eigenvalue weighted by atomic mass is 10.0. The number of nitrogens with one attached hydrogen (secondary N) is 2. The van der Waals surface area contributed by atoms with Gasteiger partial charge in [-0.1, -0.05) is 25.4 Å². The molecule has 11 heteroatoms. The number of benzene rings is 2. The molecule has 2 rings (SSSR count). The van der Waals surface area contributed by atoms with E-state index in [0.717, 1.165) is 0 Å². The molecule has 0 fully saturated rings. The Labute approximate surface area is 204 Å². The first-order chi connectivity index (χ1) is 15.6. The predicted molar refractivity (Wildman–Crippen MR) is 129 cm³/mol. The van der Waals surface area contributed by atoms with Gasteiger partial charge in [0.05, 0.1) is 17.8 Å². The molecule has 3 amide bonds. The van der Waals surface area contributed by atoms with Gasteiger partial charge < -0.3 is 20.5 Å². The van der Waals surface area contributed by atoms with Crippen LogP contribution in [0.4, 0.5) is 0 Å². The Balaban J connectivity index is 2.08. The van der Waals surface area contributed by atoms with Crippen LogP contribution in [0.15, 0.2) is 46.0 Å². The topological polar surface area (TPSA) is 132 Å². The highest BCUT2D eigenvalue weighted by atomic mass is 79.9. The zero-order valence-electron chi connectivity index (χ0n) is 18.2. The Bertz CT molecular complexity index is 1040. The summed E-state index contributed by atoms with van der Waals surface area (Å²) in [5, 5.41) is 7.19. The predicted octanol–water partition coefficient (Wildman–Crippen LogP) is 2.88. The van der Waals surface area contributed by atoms with Crippen molar-refractivity contribution in [2.24, 2.45) is 16.8 Å². The molecule has 0 saturated carbocycles. The summed E-state index contributed by atoms with van der Waals surface area (Å²) in [4.78, 5) is 36.1. The number of rotatable bonds is 10. The van der Waals surface area contributed by atoms with Gasteiger partial charge in [0.2, 0.25) is 0 Å². The van der Waals surface area contributed by atoms with Gasteiger partial charge >= 0.3 is 0 Å². The molecule has 0 spiro atoms. The Hall–Kier alpha value is -3.11. The highest BCUT2D eigenvalue weighted by Crippen LogP contribution is 2.36. The van der Waals surface area contributed by atoms with Crippen molar-refractivity contribution in [3.63, 3.8) is 0 Å². The summed E-state index contributed by atoms with van der Waals surface area (Å²) in [7, 11) is 1.44. The third-order valence-corrected chi connectivity index (χ3v) is 5.18. The molecular formula is C22H24BrClN4O5. The lowest BCUT2D eigenvalue weighted by Gasteiger charge is -2.20. The summed E-state index contributed by atoms with van der Waals surface area (Å²) in [5.74, 6) is -1.04. The average Bonchev–Trinajstić information content (AvgIpc) is 2.76. The molecular weight excluding hydrogens is 516 g/mol. The lowest BCUT2D eigenvalue weighted by molar-refractivity contribution is -0.124. The molecule has 176 valence electrons. The number of nitrogens with zero attached hydrogens (tertiary/aromatic N) is 1. The average molecular weight is 540 g/mol. The standard InChI is InChI=1S/C22H24BrClN4O5/c1-12(2)19(27-21(30)14-4-6-15(24)7-5-14)22(31)28-26-10-13-8-16(23)20(17(9-13)32-3)33-11-18(25)29/h4-10,12,19H,11H2,1-3H3,(H2,25,29)(H,27,30)(H,28,31). The highest BCUT2D eigenvalue weighted by Gasteiger charge is 2.24. The zero-order chi connectivity index (χ0) is 24.5. The van der Waals surface area contributed by atoms with Crippen LogP contribution in [-0.4, -0.2) is 43.7 Å². The normalized spacial score (nSPS) is 11.8. The summed E-state index contributed by atoms with van der Waals surface area (Å²) >= 11 is 9.19. The van der Waals surface area contributed by atoms with Crippen LogP contribution in [0.1, 0.15) is 29.8 Å². The minimum absolute atomic E-state index is 0.188. The largest absolute Gasteiger partial charge is 0.493 e. The van der Waals surface area contributed by atoms with E-state index in [1.807, 2.05) is 13.8 Å². The molecule has 0 aliphatic rings. The summed E-state index contributed by atoms with van der Waals surface area (Å²) in [5.41, 5.74) is 8.51. The van der Waals surface area contributed by atoms with Crippen molar-refractivity contribution in [3.8, 4) is 11.5 Å². The summed E-state index contributed by atoms with van der Waals surface area (Å²) in [6.07, 6.45) is 1.40. The number of halogens is 2. The van der Waals surface area contributed by atoms with Gasteiger partial charge in [-0.15, -0.1) is 0 Å². The molecule has 0 heterocycles.